The monoisotopic (exact) mass is 259 g/mol. The molecule has 0 rings (SSSR count). The van der Waals surface area contributed by atoms with Gasteiger partial charge in [-0.25, -0.2) is 0 Å². The number of carbonyl (C=O) groups excluding carboxylic acids is 1. The van der Waals surface area contributed by atoms with Crippen molar-refractivity contribution in [3.8, 4) is 0 Å². The third kappa shape index (κ3) is 7.95. The predicted octanol–water partition coefficient (Wildman–Crippen LogP) is -0.128. The molecule has 0 aliphatic heterocycles. The highest BCUT2D eigenvalue weighted by molar-refractivity contribution is 8.76. The Bertz CT molecular complexity index is 283. The second kappa shape index (κ2) is 10.1. The van der Waals surface area contributed by atoms with Gasteiger partial charge in [0.1, 0.15) is 0 Å². The number of rotatable bonds is 8. The molecule has 0 radical (unpaired) electrons. The minimum Gasteiger partial charge on any atom is -0.330 e. The van der Waals surface area contributed by atoms with Crippen molar-refractivity contribution in [3.05, 3.63) is 0 Å². The van der Waals surface area contributed by atoms with E-state index in [0.717, 1.165) is 21.6 Å². The van der Waals surface area contributed by atoms with Crippen LogP contribution in [0.15, 0.2) is 0 Å². The van der Waals surface area contributed by atoms with Gasteiger partial charge >= 0.3 is 0 Å². The first-order chi connectivity index (χ1) is 8.13. The zero-order valence-electron chi connectivity index (χ0n) is 11.6. The second-order valence-corrected chi connectivity index (χ2v) is 5.22. The summed E-state index contributed by atoms with van der Waals surface area (Å²) >= 11 is 0.477. The molecule has 0 spiro atoms. The minimum atomic E-state index is -1.82. The molecule has 0 saturated heterocycles. The van der Waals surface area contributed by atoms with Crippen molar-refractivity contribution in [2.75, 3.05) is 30.3 Å². The molecule has 14 heavy (non-hydrogen) atoms. The summed E-state index contributed by atoms with van der Waals surface area (Å²) in [6, 6.07) is -0.859. The summed E-state index contributed by atoms with van der Waals surface area (Å²) in [6.07, 6.45) is 0. The van der Waals surface area contributed by atoms with Crippen molar-refractivity contribution < 1.29 is 10.3 Å². The van der Waals surface area contributed by atoms with Crippen molar-refractivity contribution in [1.82, 2.24) is 0 Å². The van der Waals surface area contributed by atoms with E-state index in [9.17, 15) is 4.79 Å². The topological polar surface area (TPSA) is 95.1 Å². The van der Waals surface area contributed by atoms with Gasteiger partial charge in [-0.15, -0.1) is 0 Å². The van der Waals surface area contributed by atoms with Gasteiger partial charge in [0.2, 0.25) is 5.12 Å². The van der Waals surface area contributed by atoms with E-state index in [4.69, 9.17) is 22.7 Å². The molecule has 1 atom stereocenters. The summed E-state index contributed by atoms with van der Waals surface area (Å²) in [5.74, 6) is 0.191. The van der Waals surface area contributed by atoms with E-state index >= 15 is 0 Å². The van der Waals surface area contributed by atoms with E-state index in [1.165, 1.54) is 0 Å². The van der Waals surface area contributed by atoms with Gasteiger partial charge in [-0.05, 0) is 0 Å². The molecule has 7 heteroatoms. The molecule has 84 valence electrons. The van der Waals surface area contributed by atoms with Crippen molar-refractivity contribution in [2.24, 2.45) is 17.2 Å². The van der Waals surface area contributed by atoms with Gasteiger partial charge in [-0.2, -0.15) is 0 Å². The highest BCUT2D eigenvalue weighted by Crippen LogP contribution is 2.21. The number of carbonyl (C=O) groups is 1. The summed E-state index contributed by atoms with van der Waals surface area (Å²) in [5, 5.41) is -0.494. The molecular formula is C7H17N3OS3. The lowest BCUT2D eigenvalue weighted by Gasteiger charge is -2.08. The van der Waals surface area contributed by atoms with Crippen LogP contribution >= 0.6 is 33.3 Å². The first-order valence-corrected chi connectivity index (χ1v) is 6.96. The molecule has 0 heterocycles. The fraction of sp³-hybridized carbons (Fsp3) is 0.857. The molecule has 0 aromatic heterocycles. The van der Waals surface area contributed by atoms with Crippen LogP contribution in [-0.2, 0) is 4.79 Å². The Morgan fingerprint density at radius 1 is 1.29 bits per heavy atom. The average molecular weight is 259 g/mol. The van der Waals surface area contributed by atoms with Gasteiger partial charge in [0.25, 0.3) is 0 Å². The van der Waals surface area contributed by atoms with Gasteiger partial charge in [0.05, 0.1) is 6.04 Å². The Morgan fingerprint density at radius 2 is 1.93 bits per heavy atom. The van der Waals surface area contributed by atoms with Crippen molar-refractivity contribution in [1.29, 1.82) is 0 Å². The summed E-state index contributed by atoms with van der Waals surface area (Å²) in [6.45, 7) is -0.397. The molecule has 0 unspecified atom stereocenters. The first kappa shape index (κ1) is 8.72. The van der Waals surface area contributed by atoms with Crippen molar-refractivity contribution in [2.45, 2.75) is 6.04 Å². The van der Waals surface area contributed by atoms with Gasteiger partial charge in [-0.3, -0.25) is 4.79 Å². The molecule has 0 amide bonds. The summed E-state index contributed by atoms with van der Waals surface area (Å²) < 4.78 is 29.4. The number of hydrogen-bond donors (Lipinski definition) is 3. The van der Waals surface area contributed by atoms with Crippen molar-refractivity contribution in [3.63, 3.8) is 0 Å². The highest BCUT2D eigenvalue weighted by atomic mass is 33.1. The van der Waals surface area contributed by atoms with Crippen LogP contribution in [0.4, 0.5) is 0 Å². The van der Waals surface area contributed by atoms with E-state index in [0.29, 0.717) is 11.8 Å². The Hall–Kier alpha value is 0.600. The summed E-state index contributed by atoms with van der Waals surface area (Å²) in [7, 11) is 2.02. The lowest BCUT2D eigenvalue weighted by molar-refractivity contribution is -0.111. The Labute approximate surface area is 102 Å². The predicted molar refractivity (Wildman–Crippen MR) is 68.5 cm³/mol. The van der Waals surface area contributed by atoms with Crippen LogP contribution in [-0.4, -0.2) is 41.4 Å². The quantitative estimate of drug-likeness (QED) is 0.523. The Balaban J connectivity index is 4.03. The van der Waals surface area contributed by atoms with Crippen molar-refractivity contribution >= 4 is 38.5 Å². The van der Waals surface area contributed by atoms with E-state index < -0.39 is 22.6 Å². The van der Waals surface area contributed by atoms with Gasteiger partial charge in [0.15, 0.2) is 0 Å². The summed E-state index contributed by atoms with van der Waals surface area (Å²) in [5.41, 5.74) is 12.6. The highest BCUT2D eigenvalue weighted by Gasteiger charge is 2.13. The van der Waals surface area contributed by atoms with E-state index in [1.54, 1.807) is 0 Å². The molecule has 0 aromatic carbocycles. The third-order valence-electron chi connectivity index (χ3n) is 1.01. The molecule has 0 aliphatic carbocycles. The smallest absolute Gasteiger partial charge is 0.206 e. The third-order valence-corrected chi connectivity index (χ3v) is 3.84. The molecule has 0 saturated carbocycles. The normalized spacial score (nSPS) is 19.1. The van der Waals surface area contributed by atoms with Gasteiger partial charge in [-0.1, -0.05) is 33.3 Å². The first-order valence-electron chi connectivity index (χ1n) is 5.83. The van der Waals surface area contributed by atoms with Crippen LogP contribution in [0.25, 0.3) is 0 Å². The Morgan fingerprint density at radius 3 is 2.50 bits per heavy atom. The lowest BCUT2D eigenvalue weighted by Crippen LogP contribution is -2.31. The van der Waals surface area contributed by atoms with Crippen LogP contribution in [0.5, 0.6) is 0 Å². The zero-order valence-corrected chi connectivity index (χ0v) is 10.0. The van der Waals surface area contributed by atoms with Crippen LogP contribution in [0.3, 0.4) is 0 Å². The molecular weight excluding hydrogens is 238 g/mol. The molecule has 0 bridgehead atoms. The number of hydrogen-bond acceptors (Lipinski definition) is 7. The molecule has 0 aliphatic rings. The molecule has 0 aromatic rings. The van der Waals surface area contributed by atoms with Crippen LogP contribution in [0, 0.1) is 0 Å². The average Bonchev–Trinajstić information content (AvgIpc) is 2.28. The molecule has 4 nitrogen and oxygen atoms in total. The Kier molecular flexibility index (Phi) is 6.31. The number of thioether (sulfide) groups is 1. The van der Waals surface area contributed by atoms with E-state index in [-0.39, 0.29) is 18.8 Å². The van der Waals surface area contributed by atoms with E-state index in [1.807, 2.05) is 0 Å². The SMILES string of the molecule is [2H]C([2H])(CN)SSC[C@H](N)C(=O)SC([2H])([2H])CN. The van der Waals surface area contributed by atoms with Gasteiger partial charge in [0, 0.05) is 35.7 Å². The van der Waals surface area contributed by atoms with Crippen LogP contribution < -0.4 is 17.2 Å². The molecule has 6 N–H and O–H groups in total. The maximum atomic E-state index is 11.5. The maximum Gasteiger partial charge on any atom is 0.206 e. The minimum absolute atomic E-state index is 0.127. The fourth-order valence-electron chi connectivity index (χ4n) is 0.440. The standard InChI is InChI=1S/C7H17N3OS3/c8-1-3-12-7(11)6(10)5-14-13-4-2-9/h6H,1-5,8-10H2/t6-/m0/s1/i3D2,4D2. The van der Waals surface area contributed by atoms with Crippen LogP contribution in [0.2, 0.25) is 0 Å². The maximum absolute atomic E-state index is 11.5. The fourth-order valence-corrected chi connectivity index (χ4v) is 2.62. The zero-order chi connectivity index (χ0) is 14.4. The number of nitrogens with two attached hydrogens (primary N) is 3. The van der Waals surface area contributed by atoms with Crippen LogP contribution in [0.1, 0.15) is 5.48 Å². The van der Waals surface area contributed by atoms with E-state index in [2.05, 4.69) is 0 Å². The summed E-state index contributed by atoms with van der Waals surface area (Å²) in [4.78, 5) is 11.5. The lowest BCUT2D eigenvalue weighted by atomic mass is 10.4. The molecule has 0 fully saturated rings. The second-order valence-electron chi connectivity index (χ2n) is 2.09. The largest absolute Gasteiger partial charge is 0.330 e. The van der Waals surface area contributed by atoms with Gasteiger partial charge < -0.3 is 17.2 Å².